The zero-order chi connectivity index (χ0) is 20.3. The molecule has 3 rings (SSSR count). The maximum atomic E-state index is 13.0. The molecule has 0 aliphatic carbocycles. The fourth-order valence-electron chi connectivity index (χ4n) is 3.47. The Morgan fingerprint density at radius 3 is 2.43 bits per heavy atom. The van der Waals surface area contributed by atoms with Crippen LogP contribution >= 0.6 is 11.6 Å². The lowest BCUT2D eigenvalue weighted by Gasteiger charge is -2.26. The number of rotatable bonds is 6. The summed E-state index contributed by atoms with van der Waals surface area (Å²) in [5.41, 5.74) is 1.71. The first-order chi connectivity index (χ1) is 13.3. The number of carbonyl (C=O) groups is 1. The van der Waals surface area contributed by atoms with Crippen molar-refractivity contribution in [3.63, 3.8) is 0 Å². The van der Waals surface area contributed by atoms with Gasteiger partial charge in [0.1, 0.15) is 4.90 Å². The van der Waals surface area contributed by atoms with Crippen LogP contribution in [-0.2, 0) is 21.4 Å². The van der Waals surface area contributed by atoms with Gasteiger partial charge in [0.15, 0.2) is 0 Å². The molecule has 152 valence electrons. The van der Waals surface area contributed by atoms with Crippen molar-refractivity contribution < 1.29 is 13.2 Å². The molecule has 1 N–H and O–H groups in total. The number of carbonyl (C=O) groups excluding carboxylic acids is 1. The maximum Gasteiger partial charge on any atom is 0.246 e. The van der Waals surface area contributed by atoms with Crippen LogP contribution in [0.4, 0.5) is 5.69 Å². The van der Waals surface area contributed by atoms with Crippen LogP contribution in [0.5, 0.6) is 0 Å². The Morgan fingerprint density at radius 1 is 1.14 bits per heavy atom. The van der Waals surface area contributed by atoms with Gasteiger partial charge in [-0.2, -0.15) is 9.40 Å². The van der Waals surface area contributed by atoms with Crippen molar-refractivity contribution in [1.82, 2.24) is 14.1 Å². The van der Waals surface area contributed by atoms with E-state index in [1.807, 2.05) is 0 Å². The van der Waals surface area contributed by atoms with Crippen LogP contribution in [0.25, 0.3) is 0 Å². The van der Waals surface area contributed by atoms with Crippen molar-refractivity contribution in [2.24, 2.45) is 0 Å². The molecule has 1 fully saturated rings. The quantitative estimate of drug-likeness (QED) is 0.770. The number of aryl methyl sites for hydroxylation is 2. The van der Waals surface area contributed by atoms with Gasteiger partial charge in [-0.1, -0.05) is 18.0 Å². The SMILES string of the molecule is Cc1nn(CCC(=O)Nc2ccc(Cl)cc2)c(C)c1S(=O)(=O)N1CCCCC1. The molecule has 28 heavy (non-hydrogen) atoms. The van der Waals surface area contributed by atoms with E-state index in [1.54, 1.807) is 47.1 Å². The number of halogens is 1. The first kappa shape index (κ1) is 20.8. The molecular formula is C19H25ClN4O3S. The van der Waals surface area contributed by atoms with Gasteiger partial charge in [-0.15, -0.1) is 0 Å². The van der Waals surface area contributed by atoms with Gasteiger partial charge in [0.05, 0.1) is 17.9 Å². The van der Waals surface area contributed by atoms with E-state index in [0.29, 0.717) is 41.7 Å². The van der Waals surface area contributed by atoms with E-state index in [4.69, 9.17) is 11.6 Å². The van der Waals surface area contributed by atoms with Gasteiger partial charge >= 0.3 is 0 Å². The van der Waals surface area contributed by atoms with Gasteiger partial charge in [0.2, 0.25) is 15.9 Å². The van der Waals surface area contributed by atoms with Crippen LogP contribution in [0.2, 0.25) is 5.02 Å². The Labute approximate surface area is 170 Å². The zero-order valence-corrected chi connectivity index (χ0v) is 17.7. The van der Waals surface area contributed by atoms with E-state index in [-0.39, 0.29) is 17.2 Å². The molecule has 1 amide bonds. The van der Waals surface area contributed by atoms with Crippen molar-refractivity contribution >= 4 is 33.2 Å². The Morgan fingerprint density at radius 2 is 1.79 bits per heavy atom. The summed E-state index contributed by atoms with van der Waals surface area (Å²) in [6.07, 6.45) is 3.02. The van der Waals surface area contributed by atoms with Crippen LogP contribution < -0.4 is 5.32 Å². The highest BCUT2D eigenvalue weighted by atomic mass is 35.5. The molecule has 2 aromatic rings. The second-order valence-electron chi connectivity index (χ2n) is 6.99. The molecule has 0 bridgehead atoms. The smallest absolute Gasteiger partial charge is 0.246 e. The van der Waals surface area contributed by atoms with E-state index >= 15 is 0 Å². The second-order valence-corrected chi connectivity index (χ2v) is 9.30. The first-order valence-electron chi connectivity index (χ1n) is 9.38. The maximum absolute atomic E-state index is 13.0. The number of amides is 1. The molecule has 2 heterocycles. The second kappa shape index (κ2) is 8.63. The molecular weight excluding hydrogens is 400 g/mol. The van der Waals surface area contributed by atoms with Gasteiger partial charge in [-0.25, -0.2) is 8.42 Å². The normalized spacial score (nSPS) is 15.5. The highest BCUT2D eigenvalue weighted by molar-refractivity contribution is 7.89. The fraction of sp³-hybridized carbons (Fsp3) is 0.474. The summed E-state index contributed by atoms with van der Waals surface area (Å²) in [7, 11) is -3.56. The van der Waals surface area contributed by atoms with Crippen LogP contribution in [0.15, 0.2) is 29.2 Å². The predicted molar refractivity (Wildman–Crippen MR) is 109 cm³/mol. The molecule has 7 nitrogen and oxygen atoms in total. The highest BCUT2D eigenvalue weighted by Crippen LogP contribution is 2.26. The van der Waals surface area contributed by atoms with Crippen molar-refractivity contribution in [2.75, 3.05) is 18.4 Å². The molecule has 0 unspecified atom stereocenters. The summed E-state index contributed by atoms with van der Waals surface area (Å²) in [6, 6.07) is 6.87. The largest absolute Gasteiger partial charge is 0.326 e. The van der Waals surface area contributed by atoms with Crippen molar-refractivity contribution in [2.45, 2.75) is 51.0 Å². The average molecular weight is 425 g/mol. The minimum Gasteiger partial charge on any atom is -0.326 e. The number of nitrogens with zero attached hydrogens (tertiary/aromatic N) is 3. The molecule has 0 saturated carbocycles. The number of sulfonamides is 1. The molecule has 9 heteroatoms. The Kier molecular flexibility index (Phi) is 6.42. The Hall–Kier alpha value is -1.90. The van der Waals surface area contributed by atoms with Gasteiger partial charge in [-0.3, -0.25) is 9.48 Å². The number of aromatic nitrogens is 2. The van der Waals surface area contributed by atoms with E-state index in [2.05, 4.69) is 10.4 Å². The van der Waals surface area contributed by atoms with Crippen LogP contribution in [0, 0.1) is 13.8 Å². The van der Waals surface area contributed by atoms with Crippen molar-refractivity contribution in [3.05, 3.63) is 40.7 Å². The molecule has 1 aromatic carbocycles. The molecule has 1 aliphatic rings. The summed E-state index contributed by atoms with van der Waals surface area (Å²) >= 11 is 5.84. The predicted octanol–water partition coefficient (Wildman–Crippen LogP) is 3.36. The van der Waals surface area contributed by atoms with Gasteiger partial charge in [0, 0.05) is 30.2 Å². The molecule has 1 aliphatic heterocycles. The molecule has 0 spiro atoms. The van der Waals surface area contributed by atoms with Crippen molar-refractivity contribution in [3.8, 4) is 0 Å². The summed E-state index contributed by atoms with van der Waals surface area (Å²) < 4.78 is 29.2. The Bertz CT molecular complexity index is 948. The highest BCUT2D eigenvalue weighted by Gasteiger charge is 2.31. The average Bonchev–Trinajstić information content (AvgIpc) is 2.96. The molecule has 0 atom stereocenters. The minimum atomic E-state index is -3.56. The third-order valence-electron chi connectivity index (χ3n) is 4.91. The number of nitrogens with one attached hydrogen (secondary N) is 1. The molecule has 1 aromatic heterocycles. The van der Waals surface area contributed by atoms with E-state index < -0.39 is 10.0 Å². The topological polar surface area (TPSA) is 84.3 Å². The third-order valence-corrected chi connectivity index (χ3v) is 7.31. The van der Waals surface area contributed by atoms with Crippen LogP contribution in [0.1, 0.15) is 37.1 Å². The minimum absolute atomic E-state index is 0.171. The summed E-state index contributed by atoms with van der Waals surface area (Å²) in [5, 5.41) is 7.77. The lowest BCUT2D eigenvalue weighted by Crippen LogP contribution is -2.36. The number of benzene rings is 1. The standard InChI is InChI=1S/C19H25ClN4O3S/c1-14-19(28(26,27)23-11-4-3-5-12-23)15(2)24(22-14)13-10-18(25)21-17-8-6-16(20)7-9-17/h6-9H,3-5,10-13H2,1-2H3,(H,21,25). The first-order valence-corrected chi connectivity index (χ1v) is 11.2. The lowest BCUT2D eigenvalue weighted by molar-refractivity contribution is -0.116. The van der Waals surface area contributed by atoms with E-state index in [1.165, 1.54) is 0 Å². The van der Waals surface area contributed by atoms with Crippen LogP contribution in [-0.4, -0.2) is 41.5 Å². The fourth-order valence-corrected chi connectivity index (χ4v) is 5.49. The van der Waals surface area contributed by atoms with Gasteiger partial charge in [0.25, 0.3) is 0 Å². The number of hydrogen-bond donors (Lipinski definition) is 1. The van der Waals surface area contributed by atoms with Crippen LogP contribution in [0.3, 0.4) is 0 Å². The molecule has 0 radical (unpaired) electrons. The van der Waals surface area contributed by atoms with Crippen molar-refractivity contribution in [1.29, 1.82) is 0 Å². The number of anilines is 1. The summed E-state index contributed by atoms with van der Waals surface area (Å²) in [4.78, 5) is 12.5. The summed E-state index contributed by atoms with van der Waals surface area (Å²) in [6.45, 7) is 4.86. The number of hydrogen-bond acceptors (Lipinski definition) is 4. The third kappa shape index (κ3) is 4.56. The van der Waals surface area contributed by atoms with Gasteiger partial charge < -0.3 is 5.32 Å². The monoisotopic (exact) mass is 424 g/mol. The molecule has 1 saturated heterocycles. The number of piperidine rings is 1. The van der Waals surface area contributed by atoms with E-state index in [9.17, 15) is 13.2 Å². The lowest BCUT2D eigenvalue weighted by atomic mass is 10.2. The Balaban J connectivity index is 1.69. The zero-order valence-electron chi connectivity index (χ0n) is 16.1. The van der Waals surface area contributed by atoms with E-state index in [0.717, 1.165) is 19.3 Å². The van der Waals surface area contributed by atoms with Gasteiger partial charge in [-0.05, 0) is 51.0 Å². The summed E-state index contributed by atoms with van der Waals surface area (Å²) in [5.74, 6) is -0.171.